The highest BCUT2D eigenvalue weighted by Gasteiger charge is 2.20. The molecule has 0 aliphatic rings. The smallest absolute Gasteiger partial charge is 0.182 e. The second-order valence-electron chi connectivity index (χ2n) is 4.32. The van der Waals surface area contributed by atoms with Gasteiger partial charge in [-0.3, -0.25) is 0 Å². The van der Waals surface area contributed by atoms with Gasteiger partial charge in [-0.15, -0.1) is 0 Å². The summed E-state index contributed by atoms with van der Waals surface area (Å²) >= 11 is 0. The number of halogens is 1. The van der Waals surface area contributed by atoms with Crippen LogP contribution in [0.2, 0.25) is 0 Å². The van der Waals surface area contributed by atoms with Gasteiger partial charge >= 0.3 is 0 Å². The molecule has 0 unspecified atom stereocenters. The maximum Gasteiger partial charge on any atom is 0.182 e. The summed E-state index contributed by atoms with van der Waals surface area (Å²) < 4.78 is 38.1. The summed E-state index contributed by atoms with van der Waals surface area (Å²) in [6.07, 6.45) is 0. The standard InChI is InChI=1S/C14H14FNO2S/c1-10-13(16)7-4-8-14(10)19(17,18)9-11-5-2-3-6-12(11)15/h2-8H,9,16H2,1H3. The largest absolute Gasteiger partial charge is 0.398 e. The Balaban J connectivity index is 2.44. The summed E-state index contributed by atoms with van der Waals surface area (Å²) in [5.74, 6) is -0.892. The van der Waals surface area contributed by atoms with Crippen LogP contribution >= 0.6 is 0 Å². The third kappa shape index (κ3) is 2.76. The van der Waals surface area contributed by atoms with E-state index in [1.807, 2.05) is 0 Å². The first-order valence-electron chi connectivity index (χ1n) is 5.73. The molecule has 0 radical (unpaired) electrons. The van der Waals surface area contributed by atoms with Crippen molar-refractivity contribution >= 4 is 15.5 Å². The van der Waals surface area contributed by atoms with Crippen molar-refractivity contribution in [3.63, 3.8) is 0 Å². The quantitative estimate of drug-likeness (QED) is 0.879. The van der Waals surface area contributed by atoms with Crippen LogP contribution in [-0.2, 0) is 15.6 Å². The molecule has 2 aromatic rings. The number of anilines is 1. The molecule has 0 aliphatic carbocycles. The Bertz CT molecular complexity index is 711. The molecule has 0 aromatic heterocycles. The normalized spacial score (nSPS) is 11.5. The molecule has 0 aliphatic heterocycles. The van der Waals surface area contributed by atoms with Gasteiger partial charge in [0.2, 0.25) is 0 Å². The van der Waals surface area contributed by atoms with E-state index in [0.717, 1.165) is 0 Å². The second kappa shape index (κ2) is 5.01. The van der Waals surface area contributed by atoms with Gasteiger partial charge in [0.15, 0.2) is 9.84 Å². The number of benzene rings is 2. The van der Waals surface area contributed by atoms with Crippen LogP contribution in [0.25, 0.3) is 0 Å². The first-order chi connectivity index (χ1) is 8.92. The lowest BCUT2D eigenvalue weighted by molar-refractivity contribution is 0.586. The molecule has 0 bridgehead atoms. The molecule has 0 saturated carbocycles. The van der Waals surface area contributed by atoms with E-state index in [-0.39, 0.29) is 16.2 Å². The van der Waals surface area contributed by atoms with E-state index < -0.39 is 15.7 Å². The summed E-state index contributed by atoms with van der Waals surface area (Å²) in [6, 6.07) is 10.6. The third-order valence-electron chi connectivity index (χ3n) is 2.96. The van der Waals surface area contributed by atoms with E-state index in [1.54, 1.807) is 25.1 Å². The Kier molecular flexibility index (Phi) is 3.57. The van der Waals surface area contributed by atoms with Crippen LogP contribution in [0.15, 0.2) is 47.4 Å². The number of nitrogen functional groups attached to an aromatic ring is 1. The van der Waals surface area contributed by atoms with E-state index in [1.165, 1.54) is 24.3 Å². The fourth-order valence-corrected chi connectivity index (χ4v) is 3.54. The average Bonchev–Trinajstić information content (AvgIpc) is 2.35. The molecule has 2 N–H and O–H groups in total. The van der Waals surface area contributed by atoms with E-state index in [9.17, 15) is 12.8 Å². The summed E-state index contributed by atoms with van der Waals surface area (Å²) in [4.78, 5) is 0.149. The SMILES string of the molecule is Cc1c(N)cccc1S(=O)(=O)Cc1ccccc1F. The first kappa shape index (κ1) is 13.5. The molecule has 3 nitrogen and oxygen atoms in total. The number of sulfone groups is 1. The van der Waals surface area contributed by atoms with Crippen molar-refractivity contribution in [1.82, 2.24) is 0 Å². The van der Waals surface area contributed by atoms with E-state index >= 15 is 0 Å². The molecule has 19 heavy (non-hydrogen) atoms. The molecule has 5 heteroatoms. The molecule has 0 atom stereocenters. The van der Waals surface area contributed by atoms with E-state index in [2.05, 4.69) is 0 Å². The first-order valence-corrected chi connectivity index (χ1v) is 7.38. The summed E-state index contributed by atoms with van der Waals surface area (Å²) in [7, 11) is -3.61. The molecule has 0 fully saturated rings. The lowest BCUT2D eigenvalue weighted by atomic mass is 10.2. The van der Waals surface area contributed by atoms with Crippen molar-refractivity contribution in [3.05, 3.63) is 59.4 Å². The van der Waals surface area contributed by atoms with Crippen molar-refractivity contribution in [2.75, 3.05) is 5.73 Å². The van der Waals surface area contributed by atoms with Gasteiger partial charge in [0, 0.05) is 11.3 Å². The fraction of sp³-hybridized carbons (Fsp3) is 0.143. The zero-order valence-corrected chi connectivity index (χ0v) is 11.2. The van der Waals surface area contributed by atoms with Gasteiger partial charge in [-0.2, -0.15) is 0 Å². The Hall–Kier alpha value is -1.88. The van der Waals surface area contributed by atoms with Crippen molar-refractivity contribution in [2.24, 2.45) is 0 Å². The Morgan fingerprint density at radius 1 is 1.11 bits per heavy atom. The van der Waals surface area contributed by atoms with E-state index in [4.69, 9.17) is 5.73 Å². The molecular weight excluding hydrogens is 265 g/mol. The summed E-state index contributed by atoms with van der Waals surface area (Å²) in [5, 5.41) is 0. The second-order valence-corrected chi connectivity index (χ2v) is 6.28. The van der Waals surface area contributed by atoms with Gasteiger partial charge < -0.3 is 5.73 Å². The van der Waals surface area contributed by atoms with E-state index in [0.29, 0.717) is 11.3 Å². The molecule has 0 spiro atoms. The lowest BCUT2D eigenvalue weighted by Gasteiger charge is -2.10. The Labute approximate surface area is 111 Å². The van der Waals surface area contributed by atoms with Gasteiger partial charge in [0.25, 0.3) is 0 Å². The topological polar surface area (TPSA) is 60.2 Å². The van der Waals surface area contributed by atoms with Crippen LogP contribution < -0.4 is 5.73 Å². The minimum atomic E-state index is -3.61. The molecule has 2 rings (SSSR count). The summed E-state index contributed by atoms with van der Waals surface area (Å²) in [6.45, 7) is 1.64. The maximum absolute atomic E-state index is 13.5. The lowest BCUT2D eigenvalue weighted by Crippen LogP contribution is -2.09. The number of rotatable bonds is 3. The average molecular weight is 279 g/mol. The predicted molar refractivity (Wildman–Crippen MR) is 72.9 cm³/mol. The van der Waals surface area contributed by atoms with Crippen LogP contribution in [0.3, 0.4) is 0 Å². The Morgan fingerprint density at radius 3 is 2.47 bits per heavy atom. The maximum atomic E-state index is 13.5. The van der Waals surface area contributed by atoms with Crippen molar-refractivity contribution in [3.8, 4) is 0 Å². The fourth-order valence-electron chi connectivity index (χ4n) is 1.87. The predicted octanol–water partition coefficient (Wildman–Crippen LogP) is 2.69. The van der Waals surface area contributed by atoms with Crippen LogP contribution in [-0.4, -0.2) is 8.42 Å². The number of nitrogens with two attached hydrogens (primary N) is 1. The third-order valence-corrected chi connectivity index (χ3v) is 4.77. The van der Waals surface area contributed by atoms with Gasteiger partial charge in [-0.1, -0.05) is 24.3 Å². The number of hydrogen-bond donors (Lipinski definition) is 1. The molecule has 2 aromatic carbocycles. The van der Waals surface area contributed by atoms with Crippen LogP contribution in [0, 0.1) is 12.7 Å². The highest BCUT2D eigenvalue weighted by molar-refractivity contribution is 7.90. The zero-order chi connectivity index (χ0) is 14.0. The minimum Gasteiger partial charge on any atom is -0.398 e. The van der Waals surface area contributed by atoms with Gasteiger partial charge in [0.1, 0.15) is 5.82 Å². The van der Waals surface area contributed by atoms with Crippen LogP contribution in [0.1, 0.15) is 11.1 Å². The van der Waals surface area contributed by atoms with Gasteiger partial charge in [0.05, 0.1) is 10.6 Å². The van der Waals surface area contributed by atoms with Gasteiger partial charge in [-0.25, -0.2) is 12.8 Å². The monoisotopic (exact) mass is 279 g/mol. The van der Waals surface area contributed by atoms with Crippen LogP contribution in [0.5, 0.6) is 0 Å². The zero-order valence-electron chi connectivity index (χ0n) is 10.4. The minimum absolute atomic E-state index is 0.149. The molecule has 100 valence electrons. The van der Waals surface area contributed by atoms with Crippen LogP contribution in [0.4, 0.5) is 10.1 Å². The highest BCUT2D eigenvalue weighted by Crippen LogP contribution is 2.24. The molecular formula is C14H14FNO2S. The summed E-state index contributed by atoms with van der Waals surface area (Å²) in [5.41, 5.74) is 6.77. The highest BCUT2D eigenvalue weighted by atomic mass is 32.2. The van der Waals surface area contributed by atoms with Crippen molar-refractivity contribution in [1.29, 1.82) is 0 Å². The number of hydrogen-bond acceptors (Lipinski definition) is 3. The van der Waals surface area contributed by atoms with Crippen molar-refractivity contribution in [2.45, 2.75) is 17.6 Å². The van der Waals surface area contributed by atoms with Crippen molar-refractivity contribution < 1.29 is 12.8 Å². The Morgan fingerprint density at radius 2 is 1.79 bits per heavy atom. The molecule has 0 amide bonds. The molecule has 0 heterocycles. The molecule has 0 saturated heterocycles. The van der Waals surface area contributed by atoms with Gasteiger partial charge in [-0.05, 0) is 30.7 Å².